The number of allylic oxidation sites excluding steroid dienone is 14. The molecule has 0 aromatic rings. The van der Waals surface area contributed by atoms with Crippen LogP contribution in [-0.2, 0) is 32.7 Å². The molecule has 2 unspecified atom stereocenters. The van der Waals surface area contributed by atoms with E-state index in [-0.39, 0.29) is 32.0 Å². The van der Waals surface area contributed by atoms with Crippen LogP contribution in [0.15, 0.2) is 85.1 Å². The maximum atomic E-state index is 12.8. The summed E-state index contributed by atoms with van der Waals surface area (Å²) in [6, 6.07) is 0. The van der Waals surface area contributed by atoms with Crippen LogP contribution in [0.3, 0.4) is 0 Å². The minimum atomic E-state index is -4.64. The highest BCUT2D eigenvalue weighted by atomic mass is 31.2. The fraction of sp³-hybridized carbons (Fsp3) is 0.750. The molecule has 74 heavy (non-hydrogen) atoms. The second-order valence-electron chi connectivity index (χ2n) is 21.3. The highest BCUT2D eigenvalue weighted by Gasteiger charge is 2.22. The quantitative estimate of drug-likeness (QED) is 0.0195. The zero-order valence-corrected chi connectivity index (χ0v) is 49.4. The lowest BCUT2D eigenvalue weighted by atomic mass is 10.0. The Hall–Kier alpha value is -2.81. The van der Waals surface area contributed by atoms with Gasteiger partial charge in [0.1, 0.15) is 19.8 Å². The number of quaternary nitrogens is 1. The van der Waals surface area contributed by atoms with Crippen molar-refractivity contribution < 1.29 is 42.1 Å². The lowest BCUT2D eigenvalue weighted by molar-refractivity contribution is -0.870. The molecule has 0 N–H and O–H groups in total. The summed E-state index contributed by atoms with van der Waals surface area (Å²) in [7, 11) is 1.16. The smallest absolute Gasteiger partial charge is 0.306 e. The average molecular weight is 1060 g/mol. The molecule has 0 aromatic carbocycles. The molecule has 0 aromatic heterocycles. The van der Waals surface area contributed by atoms with E-state index in [1.807, 2.05) is 21.1 Å². The van der Waals surface area contributed by atoms with E-state index in [0.29, 0.717) is 17.4 Å². The summed E-state index contributed by atoms with van der Waals surface area (Å²) in [5, 5.41) is 0. The molecule has 0 amide bonds. The van der Waals surface area contributed by atoms with Gasteiger partial charge in [0.2, 0.25) is 0 Å². The molecule has 0 aliphatic rings. The van der Waals surface area contributed by atoms with Gasteiger partial charge < -0.3 is 27.9 Å². The number of carbonyl (C=O) groups excluding carboxylic acids is 2. The maximum absolute atomic E-state index is 12.8. The number of nitrogens with zero attached hydrogens (tertiary/aromatic N) is 1. The number of unbranched alkanes of at least 4 members (excludes halogenated alkanes) is 27. The molecule has 0 spiro atoms. The largest absolute Gasteiger partial charge is 0.756 e. The Morgan fingerprint density at radius 3 is 1.15 bits per heavy atom. The topological polar surface area (TPSA) is 111 Å². The molecule has 0 aliphatic heterocycles. The van der Waals surface area contributed by atoms with Crippen molar-refractivity contribution in [2.45, 2.75) is 264 Å². The summed E-state index contributed by atoms with van der Waals surface area (Å²) >= 11 is 0. The van der Waals surface area contributed by atoms with Crippen molar-refractivity contribution in [2.75, 3.05) is 47.5 Å². The second-order valence-corrected chi connectivity index (χ2v) is 22.7. The predicted molar refractivity (Wildman–Crippen MR) is 314 cm³/mol. The van der Waals surface area contributed by atoms with Crippen LogP contribution in [0.2, 0.25) is 0 Å². The number of hydrogen-bond acceptors (Lipinski definition) is 8. The monoisotopic (exact) mass is 1060 g/mol. The van der Waals surface area contributed by atoms with E-state index in [1.165, 1.54) is 141 Å². The molecule has 0 bridgehead atoms. The van der Waals surface area contributed by atoms with Crippen LogP contribution < -0.4 is 4.89 Å². The van der Waals surface area contributed by atoms with Gasteiger partial charge in [-0.15, -0.1) is 0 Å². The summed E-state index contributed by atoms with van der Waals surface area (Å²) < 4.78 is 34.2. The number of esters is 2. The van der Waals surface area contributed by atoms with Crippen molar-refractivity contribution in [2.24, 2.45) is 0 Å². The van der Waals surface area contributed by atoms with Crippen LogP contribution in [0.4, 0.5) is 0 Å². The Morgan fingerprint density at radius 2 is 0.770 bits per heavy atom. The number of hydrogen-bond donors (Lipinski definition) is 0. The molecule has 0 rings (SSSR count). The Labute approximate surface area is 456 Å². The van der Waals surface area contributed by atoms with Crippen molar-refractivity contribution in [3.63, 3.8) is 0 Å². The molecule has 0 saturated heterocycles. The third kappa shape index (κ3) is 58.5. The van der Waals surface area contributed by atoms with Crippen LogP contribution in [0, 0.1) is 0 Å². The number of rotatable bonds is 55. The van der Waals surface area contributed by atoms with Gasteiger partial charge in [0, 0.05) is 12.8 Å². The van der Waals surface area contributed by atoms with E-state index in [4.69, 9.17) is 18.5 Å². The van der Waals surface area contributed by atoms with E-state index in [0.717, 1.165) is 83.5 Å². The first-order valence-corrected chi connectivity index (χ1v) is 31.8. The Kier molecular flexibility index (Phi) is 52.9. The fourth-order valence-corrected chi connectivity index (χ4v) is 8.97. The summed E-state index contributed by atoms with van der Waals surface area (Å²) in [5.41, 5.74) is 0. The Morgan fingerprint density at radius 1 is 0.432 bits per heavy atom. The minimum absolute atomic E-state index is 0.0352. The van der Waals surface area contributed by atoms with Crippen molar-refractivity contribution in [3.05, 3.63) is 85.1 Å². The van der Waals surface area contributed by atoms with Gasteiger partial charge in [-0.1, -0.05) is 240 Å². The first-order valence-electron chi connectivity index (χ1n) is 30.3. The molecular formula is C64H114NO8P. The number of phosphoric acid groups is 1. The van der Waals surface area contributed by atoms with Crippen molar-refractivity contribution >= 4 is 19.8 Å². The van der Waals surface area contributed by atoms with Gasteiger partial charge >= 0.3 is 11.9 Å². The lowest BCUT2D eigenvalue weighted by Gasteiger charge is -2.28. The second kappa shape index (κ2) is 55.0. The van der Waals surface area contributed by atoms with Crippen molar-refractivity contribution in [1.29, 1.82) is 0 Å². The Bertz CT molecular complexity index is 1520. The first kappa shape index (κ1) is 71.2. The molecule has 2 atom stereocenters. The normalized spacial score (nSPS) is 13.9. The fourth-order valence-electron chi connectivity index (χ4n) is 8.24. The van der Waals surface area contributed by atoms with Gasteiger partial charge in [0.05, 0.1) is 27.7 Å². The molecule has 0 fully saturated rings. The SMILES string of the molecule is CC/C=C\C/C=C\C/C=C\C/C=C\CCCCCCCCCCCCC(=O)OC(COC(=O)CCCCCCCCCCCCCC/C=C\C/C=C\C/C=C\CCCCCCC)COP(=O)([O-])OCC[N+](C)(C)C. The number of ether oxygens (including phenoxy) is 2. The van der Waals surface area contributed by atoms with Gasteiger partial charge in [-0.05, 0) is 89.9 Å². The lowest BCUT2D eigenvalue weighted by Crippen LogP contribution is -2.37. The molecular weight excluding hydrogens is 942 g/mol. The molecule has 10 heteroatoms. The molecule has 0 radical (unpaired) electrons. The summed E-state index contributed by atoms with van der Waals surface area (Å²) in [6.45, 7) is 4.12. The maximum Gasteiger partial charge on any atom is 0.306 e. The predicted octanol–water partition coefficient (Wildman–Crippen LogP) is 18.4. The average Bonchev–Trinajstić information content (AvgIpc) is 3.36. The van der Waals surface area contributed by atoms with Crippen LogP contribution in [0.5, 0.6) is 0 Å². The number of likely N-dealkylation sites (N-methyl/N-ethyl adjacent to an activating group) is 1. The number of carbonyl (C=O) groups is 2. The van der Waals surface area contributed by atoms with E-state index in [2.05, 4.69) is 98.9 Å². The van der Waals surface area contributed by atoms with Crippen LogP contribution >= 0.6 is 7.82 Å². The van der Waals surface area contributed by atoms with Gasteiger partial charge in [0.25, 0.3) is 7.82 Å². The van der Waals surface area contributed by atoms with Gasteiger partial charge in [-0.2, -0.15) is 0 Å². The summed E-state index contributed by atoms with van der Waals surface area (Å²) in [6.07, 6.45) is 73.4. The third-order valence-corrected chi connectivity index (χ3v) is 13.9. The van der Waals surface area contributed by atoms with Crippen LogP contribution in [-0.4, -0.2) is 70.0 Å². The molecule has 428 valence electrons. The molecule has 0 saturated carbocycles. The van der Waals surface area contributed by atoms with E-state index in [9.17, 15) is 19.0 Å². The van der Waals surface area contributed by atoms with Crippen LogP contribution in [0.1, 0.15) is 258 Å². The zero-order valence-electron chi connectivity index (χ0n) is 48.5. The van der Waals surface area contributed by atoms with Gasteiger partial charge in [0.15, 0.2) is 6.10 Å². The summed E-state index contributed by atoms with van der Waals surface area (Å²) in [5.74, 6) is -0.838. The first-order chi connectivity index (χ1) is 36.0. The van der Waals surface area contributed by atoms with E-state index in [1.54, 1.807) is 0 Å². The minimum Gasteiger partial charge on any atom is -0.756 e. The zero-order chi connectivity index (χ0) is 54.2. The standard InChI is InChI=1S/C64H114NO8P/c1-6-8-10-12-14-16-18-20-22-24-26-28-30-31-32-33-35-36-38-40-42-44-46-48-50-52-54-56-63(66)70-60-62(61-72-74(68,69)71-59-58-65(3,4)5)73-64(67)57-55-53-51-49-47-45-43-41-39-37-34-29-27-25-23-21-19-17-15-13-11-9-7-2/h9,11,15,17-18,20-21,23-24,26-27,29-31,62H,6-8,10,12-14,16,19,22,25,28,32-61H2,1-5H3/b11-9-,17-15-,20-18-,23-21-,26-24-,29-27-,31-30-. The Balaban J connectivity index is 4.15. The van der Waals surface area contributed by atoms with Gasteiger partial charge in [-0.25, -0.2) is 0 Å². The van der Waals surface area contributed by atoms with E-state index < -0.39 is 26.5 Å². The van der Waals surface area contributed by atoms with Gasteiger partial charge in [-0.3, -0.25) is 14.2 Å². The summed E-state index contributed by atoms with van der Waals surface area (Å²) in [4.78, 5) is 37.9. The van der Waals surface area contributed by atoms with E-state index >= 15 is 0 Å². The van der Waals surface area contributed by atoms with Crippen LogP contribution in [0.25, 0.3) is 0 Å². The number of phosphoric ester groups is 1. The highest BCUT2D eigenvalue weighted by Crippen LogP contribution is 2.38. The van der Waals surface area contributed by atoms with Crippen molar-refractivity contribution in [1.82, 2.24) is 0 Å². The highest BCUT2D eigenvalue weighted by molar-refractivity contribution is 7.45. The van der Waals surface area contributed by atoms with Crippen molar-refractivity contribution in [3.8, 4) is 0 Å². The molecule has 0 aliphatic carbocycles. The molecule has 9 nitrogen and oxygen atoms in total. The third-order valence-electron chi connectivity index (χ3n) is 12.9. The molecule has 0 heterocycles.